The van der Waals surface area contributed by atoms with E-state index in [1.165, 1.54) is 12.1 Å². The van der Waals surface area contributed by atoms with Gasteiger partial charge >= 0.3 is 0 Å². The summed E-state index contributed by atoms with van der Waals surface area (Å²) in [6.45, 7) is 0.480. The molecule has 4 nitrogen and oxygen atoms in total. The van der Waals surface area contributed by atoms with Gasteiger partial charge in [0.2, 0.25) is 0 Å². The molecule has 0 aliphatic rings. The average Bonchev–Trinajstić information content (AvgIpc) is 2.46. The van der Waals surface area contributed by atoms with Gasteiger partial charge in [0.25, 0.3) is 5.91 Å². The molecule has 0 saturated carbocycles. The molecule has 4 heteroatoms. The fourth-order valence-electron chi connectivity index (χ4n) is 1.81. The highest BCUT2D eigenvalue weighted by Crippen LogP contribution is 2.13. The van der Waals surface area contributed by atoms with E-state index in [1.54, 1.807) is 12.1 Å². The summed E-state index contributed by atoms with van der Waals surface area (Å²) >= 11 is 0. The van der Waals surface area contributed by atoms with Gasteiger partial charge in [-0.3, -0.25) is 4.79 Å². The van der Waals surface area contributed by atoms with E-state index in [9.17, 15) is 9.90 Å². The van der Waals surface area contributed by atoms with Crippen molar-refractivity contribution >= 4 is 11.6 Å². The second kappa shape index (κ2) is 6.10. The van der Waals surface area contributed by atoms with E-state index < -0.39 is 0 Å². The van der Waals surface area contributed by atoms with E-state index in [0.717, 1.165) is 11.3 Å². The van der Waals surface area contributed by atoms with Crippen LogP contribution in [0, 0.1) is 0 Å². The highest BCUT2D eigenvalue weighted by atomic mass is 16.3. The first kappa shape index (κ1) is 13.9. The Hall–Kier alpha value is -2.49. The third-order valence-electron chi connectivity index (χ3n) is 3.04. The molecule has 1 amide bonds. The maximum absolute atomic E-state index is 11.9. The number of amides is 1. The summed E-state index contributed by atoms with van der Waals surface area (Å²) in [5, 5.41) is 12.0. The van der Waals surface area contributed by atoms with Crippen molar-refractivity contribution in [1.82, 2.24) is 5.32 Å². The van der Waals surface area contributed by atoms with Gasteiger partial charge in [-0.15, -0.1) is 0 Å². The maximum atomic E-state index is 11.9. The van der Waals surface area contributed by atoms with E-state index in [4.69, 9.17) is 0 Å². The Morgan fingerprint density at radius 3 is 2.20 bits per heavy atom. The van der Waals surface area contributed by atoms with Gasteiger partial charge in [0.05, 0.1) is 0 Å². The number of nitrogens with zero attached hydrogens (tertiary/aromatic N) is 1. The molecular weight excluding hydrogens is 252 g/mol. The number of hydrogen-bond donors (Lipinski definition) is 2. The molecule has 0 heterocycles. The fourth-order valence-corrected chi connectivity index (χ4v) is 1.81. The molecule has 0 bridgehead atoms. The highest BCUT2D eigenvalue weighted by molar-refractivity contribution is 5.94. The predicted molar refractivity (Wildman–Crippen MR) is 80.0 cm³/mol. The van der Waals surface area contributed by atoms with Gasteiger partial charge in [0, 0.05) is 31.9 Å². The predicted octanol–water partition coefficient (Wildman–Crippen LogP) is 2.39. The third kappa shape index (κ3) is 3.51. The van der Waals surface area contributed by atoms with Gasteiger partial charge in [-0.1, -0.05) is 12.1 Å². The minimum Gasteiger partial charge on any atom is -0.508 e. The standard InChI is InChI=1S/C16H18N2O2/c1-18(2)14-7-3-12(4-8-14)11-17-16(20)13-5-9-15(19)10-6-13/h3-10,19H,11H2,1-2H3,(H,17,20). The Morgan fingerprint density at radius 2 is 1.65 bits per heavy atom. The molecule has 0 aliphatic carbocycles. The molecule has 0 radical (unpaired) electrons. The lowest BCUT2D eigenvalue weighted by Crippen LogP contribution is -2.22. The second-order valence-electron chi connectivity index (χ2n) is 4.79. The van der Waals surface area contributed by atoms with Crippen molar-refractivity contribution in [3.63, 3.8) is 0 Å². The molecule has 0 unspecified atom stereocenters. The zero-order valence-corrected chi connectivity index (χ0v) is 11.6. The second-order valence-corrected chi connectivity index (χ2v) is 4.79. The maximum Gasteiger partial charge on any atom is 0.251 e. The van der Waals surface area contributed by atoms with Crippen molar-refractivity contribution in [3.8, 4) is 5.75 Å². The summed E-state index contributed by atoms with van der Waals surface area (Å²) in [5.41, 5.74) is 2.70. The molecule has 0 atom stereocenters. The molecule has 0 aromatic heterocycles. The van der Waals surface area contributed by atoms with Crippen LogP contribution in [0.1, 0.15) is 15.9 Å². The summed E-state index contributed by atoms with van der Waals surface area (Å²) in [7, 11) is 3.98. The molecule has 104 valence electrons. The molecule has 20 heavy (non-hydrogen) atoms. The molecule has 2 aromatic rings. The molecule has 0 spiro atoms. The Bertz CT molecular complexity index is 574. The number of carbonyl (C=O) groups excluding carboxylic acids is 1. The number of nitrogens with one attached hydrogen (secondary N) is 1. The quantitative estimate of drug-likeness (QED) is 0.897. The smallest absolute Gasteiger partial charge is 0.251 e. The van der Waals surface area contributed by atoms with E-state index >= 15 is 0 Å². The van der Waals surface area contributed by atoms with Crippen molar-refractivity contribution in [2.45, 2.75) is 6.54 Å². The fraction of sp³-hybridized carbons (Fsp3) is 0.188. The number of phenols is 1. The summed E-state index contributed by atoms with van der Waals surface area (Å²) < 4.78 is 0. The van der Waals surface area contributed by atoms with Gasteiger partial charge in [-0.25, -0.2) is 0 Å². The Morgan fingerprint density at radius 1 is 1.05 bits per heavy atom. The number of aromatic hydroxyl groups is 1. The summed E-state index contributed by atoms with van der Waals surface area (Å²) in [6, 6.07) is 14.2. The van der Waals surface area contributed by atoms with Crippen molar-refractivity contribution in [1.29, 1.82) is 0 Å². The van der Waals surface area contributed by atoms with E-state index in [0.29, 0.717) is 12.1 Å². The largest absolute Gasteiger partial charge is 0.508 e. The van der Waals surface area contributed by atoms with Crippen LogP contribution in [0.15, 0.2) is 48.5 Å². The molecule has 2 rings (SSSR count). The molecule has 2 aromatic carbocycles. The topological polar surface area (TPSA) is 52.6 Å². The average molecular weight is 270 g/mol. The first-order valence-electron chi connectivity index (χ1n) is 6.40. The van der Waals surface area contributed by atoms with Crippen LogP contribution in [0.2, 0.25) is 0 Å². The summed E-state index contributed by atoms with van der Waals surface area (Å²) in [5.74, 6) is 0.00232. The van der Waals surface area contributed by atoms with Crippen LogP contribution in [-0.2, 0) is 6.54 Å². The number of benzene rings is 2. The number of phenolic OH excluding ortho intramolecular Hbond substituents is 1. The van der Waals surface area contributed by atoms with Crippen molar-refractivity contribution in [2.75, 3.05) is 19.0 Å². The van der Waals surface area contributed by atoms with Gasteiger partial charge in [-0.05, 0) is 42.0 Å². The van der Waals surface area contributed by atoms with Crippen LogP contribution in [0.25, 0.3) is 0 Å². The van der Waals surface area contributed by atoms with Crippen LogP contribution in [0.3, 0.4) is 0 Å². The van der Waals surface area contributed by atoms with E-state index in [1.807, 2.05) is 43.3 Å². The minimum atomic E-state index is -0.151. The molecule has 0 fully saturated rings. The number of carbonyl (C=O) groups is 1. The van der Waals surface area contributed by atoms with Crippen LogP contribution in [0.4, 0.5) is 5.69 Å². The van der Waals surface area contributed by atoms with Gasteiger partial charge in [-0.2, -0.15) is 0 Å². The molecule has 0 aliphatic heterocycles. The number of hydrogen-bond acceptors (Lipinski definition) is 3. The monoisotopic (exact) mass is 270 g/mol. The van der Waals surface area contributed by atoms with Crippen LogP contribution >= 0.6 is 0 Å². The molecule has 2 N–H and O–H groups in total. The third-order valence-corrected chi connectivity index (χ3v) is 3.04. The Labute approximate surface area is 118 Å². The lowest BCUT2D eigenvalue weighted by atomic mass is 10.1. The van der Waals surface area contributed by atoms with Crippen molar-refractivity contribution in [3.05, 3.63) is 59.7 Å². The zero-order chi connectivity index (χ0) is 14.5. The summed E-state index contributed by atoms with van der Waals surface area (Å²) in [4.78, 5) is 13.9. The van der Waals surface area contributed by atoms with Crippen molar-refractivity contribution < 1.29 is 9.90 Å². The normalized spacial score (nSPS) is 10.1. The molecule has 0 saturated heterocycles. The highest BCUT2D eigenvalue weighted by Gasteiger charge is 2.05. The lowest BCUT2D eigenvalue weighted by molar-refractivity contribution is 0.0951. The lowest BCUT2D eigenvalue weighted by Gasteiger charge is -2.13. The number of anilines is 1. The van der Waals surface area contributed by atoms with Crippen LogP contribution in [0.5, 0.6) is 5.75 Å². The van der Waals surface area contributed by atoms with Gasteiger partial charge in [0.15, 0.2) is 0 Å². The number of rotatable bonds is 4. The van der Waals surface area contributed by atoms with Gasteiger partial charge < -0.3 is 15.3 Å². The SMILES string of the molecule is CN(C)c1ccc(CNC(=O)c2ccc(O)cc2)cc1. The first-order valence-corrected chi connectivity index (χ1v) is 6.40. The minimum absolute atomic E-state index is 0.151. The van der Waals surface area contributed by atoms with Crippen LogP contribution in [-0.4, -0.2) is 25.1 Å². The Kier molecular flexibility index (Phi) is 4.25. The Balaban J connectivity index is 1.94. The van der Waals surface area contributed by atoms with E-state index in [2.05, 4.69) is 5.32 Å². The zero-order valence-electron chi connectivity index (χ0n) is 11.6. The molecular formula is C16H18N2O2. The van der Waals surface area contributed by atoms with Gasteiger partial charge in [0.1, 0.15) is 5.75 Å². The van der Waals surface area contributed by atoms with Crippen LogP contribution < -0.4 is 10.2 Å². The van der Waals surface area contributed by atoms with E-state index in [-0.39, 0.29) is 11.7 Å². The summed E-state index contributed by atoms with van der Waals surface area (Å²) in [6.07, 6.45) is 0. The first-order chi connectivity index (χ1) is 9.56. The van der Waals surface area contributed by atoms with Crippen molar-refractivity contribution in [2.24, 2.45) is 0 Å².